The van der Waals surface area contributed by atoms with E-state index in [0.29, 0.717) is 12.8 Å². The second-order valence-corrected chi connectivity index (χ2v) is 3.48. The molecule has 4 heteroatoms. The summed E-state index contributed by atoms with van der Waals surface area (Å²) in [5.74, 6) is -0.180. The lowest BCUT2D eigenvalue weighted by atomic mass is 10.1. The van der Waals surface area contributed by atoms with Gasteiger partial charge in [-0.15, -0.1) is 0 Å². The lowest BCUT2D eigenvalue weighted by molar-refractivity contribution is -0.121. The van der Waals surface area contributed by atoms with Gasteiger partial charge in [0.25, 0.3) is 0 Å². The molecular weight excluding hydrogens is 204 g/mol. The summed E-state index contributed by atoms with van der Waals surface area (Å²) in [4.78, 5) is 22.1. The monoisotopic (exact) mass is 220 g/mol. The Morgan fingerprint density at radius 1 is 1.38 bits per heavy atom. The minimum Gasteiger partial charge on any atom is -0.347 e. The van der Waals surface area contributed by atoms with Gasteiger partial charge in [0.05, 0.1) is 0 Å². The van der Waals surface area contributed by atoms with Crippen LogP contribution >= 0.6 is 0 Å². The van der Waals surface area contributed by atoms with Crippen LogP contribution in [0.2, 0.25) is 0 Å². The second-order valence-electron chi connectivity index (χ2n) is 3.48. The number of para-hydroxylation sites is 1. The van der Waals surface area contributed by atoms with Crippen LogP contribution in [0, 0.1) is 0 Å². The van der Waals surface area contributed by atoms with Crippen LogP contribution < -0.4 is 10.6 Å². The zero-order chi connectivity index (χ0) is 11.8. The van der Waals surface area contributed by atoms with Crippen molar-refractivity contribution in [2.45, 2.75) is 25.8 Å². The SMILES string of the molecule is CCCC(NC=O)C(=O)Nc1ccccc1. The summed E-state index contributed by atoms with van der Waals surface area (Å²) in [5.41, 5.74) is 0.737. The number of carbonyl (C=O) groups excluding carboxylic acids is 2. The Hall–Kier alpha value is -1.84. The molecular formula is C12H16N2O2. The van der Waals surface area contributed by atoms with Gasteiger partial charge in [-0.25, -0.2) is 0 Å². The Bertz CT molecular complexity index is 338. The molecule has 4 nitrogen and oxygen atoms in total. The van der Waals surface area contributed by atoms with Gasteiger partial charge in [0, 0.05) is 5.69 Å². The van der Waals surface area contributed by atoms with Crippen molar-refractivity contribution >= 4 is 18.0 Å². The van der Waals surface area contributed by atoms with Gasteiger partial charge in [-0.3, -0.25) is 9.59 Å². The third-order valence-electron chi connectivity index (χ3n) is 2.20. The van der Waals surface area contributed by atoms with E-state index in [9.17, 15) is 9.59 Å². The van der Waals surface area contributed by atoms with Crippen LogP contribution in [0.4, 0.5) is 5.69 Å². The molecule has 2 amide bonds. The Balaban J connectivity index is 2.58. The lowest BCUT2D eigenvalue weighted by Gasteiger charge is -2.14. The van der Waals surface area contributed by atoms with Crippen LogP contribution in [-0.4, -0.2) is 18.4 Å². The molecule has 0 aromatic heterocycles. The number of benzene rings is 1. The summed E-state index contributed by atoms with van der Waals surface area (Å²) in [6.45, 7) is 1.97. The van der Waals surface area contributed by atoms with E-state index >= 15 is 0 Å². The standard InChI is InChI=1S/C12H16N2O2/c1-2-6-11(13-9-15)12(16)14-10-7-4-3-5-8-10/h3-5,7-9,11H,2,6H2,1H3,(H,13,15)(H,14,16). The number of amides is 2. The van der Waals surface area contributed by atoms with Gasteiger partial charge in [-0.1, -0.05) is 31.5 Å². The van der Waals surface area contributed by atoms with Gasteiger partial charge in [0.2, 0.25) is 12.3 Å². The molecule has 1 rings (SSSR count). The molecule has 86 valence electrons. The Kier molecular flexibility index (Phi) is 5.05. The van der Waals surface area contributed by atoms with Crippen LogP contribution in [-0.2, 0) is 9.59 Å². The van der Waals surface area contributed by atoms with E-state index in [1.807, 2.05) is 37.3 Å². The molecule has 0 aliphatic carbocycles. The number of rotatable bonds is 6. The third-order valence-corrected chi connectivity index (χ3v) is 2.20. The maximum Gasteiger partial charge on any atom is 0.246 e. The van der Waals surface area contributed by atoms with E-state index < -0.39 is 6.04 Å². The second kappa shape index (κ2) is 6.61. The average molecular weight is 220 g/mol. The molecule has 0 bridgehead atoms. The van der Waals surface area contributed by atoms with Gasteiger partial charge in [0.15, 0.2) is 0 Å². The zero-order valence-corrected chi connectivity index (χ0v) is 9.27. The first-order valence-corrected chi connectivity index (χ1v) is 5.33. The van der Waals surface area contributed by atoms with Gasteiger partial charge in [-0.05, 0) is 18.6 Å². The van der Waals surface area contributed by atoms with Crippen LogP contribution in [0.5, 0.6) is 0 Å². The molecule has 0 fully saturated rings. The van der Waals surface area contributed by atoms with Crippen molar-refractivity contribution in [1.29, 1.82) is 0 Å². The summed E-state index contributed by atoms with van der Waals surface area (Å²) in [5, 5.41) is 5.26. The van der Waals surface area contributed by atoms with Crippen LogP contribution in [0.15, 0.2) is 30.3 Å². The van der Waals surface area contributed by atoms with Crippen molar-refractivity contribution in [1.82, 2.24) is 5.32 Å². The fourth-order valence-electron chi connectivity index (χ4n) is 1.41. The third kappa shape index (κ3) is 3.73. The molecule has 2 N–H and O–H groups in total. The van der Waals surface area contributed by atoms with Crippen molar-refractivity contribution in [2.75, 3.05) is 5.32 Å². The lowest BCUT2D eigenvalue weighted by Crippen LogP contribution is -2.39. The van der Waals surface area contributed by atoms with Crippen molar-refractivity contribution in [2.24, 2.45) is 0 Å². The predicted molar refractivity (Wildman–Crippen MR) is 63.0 cm³/mol. The van der Waals surface area contributed by atoms with Crippen molar-refractivity contribution < 1.29 is 9.59 Å². The van der Waals surface area contributed by atoms with E-state index in [1.165, 1.54) is 0 Å². The van der Waals surface area contributed by atoms with Crippen LogP contribution in [0.25, 0.3) is 0 Å². The number of nitrogens with one attached hydrogen (secondary N) is 2. The number of hydrogen-bond donors (Lipinski definition) is 2. The maximum absolute atomic E-state index is 11.8. The Morgan fingerprint density at radius 2 is 2.06 bits per heavy atom. The van der Waals surface area contributed by atoms with E-state index in [0.717, 1.165) is 12.1 Å². The van der Waals surface area contributed by atoms with Crippen LogP contribution in [0.1, 0.15) is 19.8 Å². The fraction of sp³-hybridized carbons (Fsp3) is 0.333. The topological polar surface area (TPSA) is 58.2 Å². The number of carbonyl (C=O) groups is 2. The minimum atomic E-state index is -0.456. The highest BCUT2D eigenvalue weighted by molar-refractivity contribution is 5.95. The van der Waals surface area contributed by atoms with Gasteiger partial charge < -0.3 is 10.6 Å². The quantitative estimate of drug-likeness (QED) is 0.714. The molecule has 1 atom stereocenters. The summed E-state index contributed by atoms with van der Waals surface area (Å²) in [7, 11) is 0. The summed E-state index contributed by atoms with van der Waals surface area (Å²) < 4.78 is 0. The normalized spacial score (nSPS) is 11.6. The van der Waals surface area contributed by atoms with E-state index in [-0.39, 0.29) is 5.91 Å². The largest absolute Gasteiger partial charge is 0.347 e. The summed E-state index contributed by atoms with van der Waals surface area (Å²) in [6, 6.07) is 8.73. The maximum atomic E-state index is 11.8. The van der Waals surface area contributed by atoms with Gasteiger partial charge in [-0.2, -0.15) is 0 Å². The Morgan fingerprint density at radius 3 is 2.62 bits per heavy atom. The fourth-order valence-corrected chi connectivity index (χ4v) is 1.41. The molecule has 0 spiro atoms. The summed E-state index contributed by atoms with van der Waals surface area (Å²) >= 11 is 0. The highest BCUT2D eigenvalue weighted by Gasteiger charge is 2.15. The van der Waals surface area contributed by atoms with E-state index in [4.69, 9.17) is 0 Å². The molecule has 0 radical (unpaired) electrons. The smallest absolute Gasteiger partial charge is 0.246 e. The zero-order valence-electron chi connectivity index (χ0n) is 9.27. The Labute approximate surface area is 95.0 Å². The highest BCUT2D eigenvalue weighted by Crippen LogP contribution is 2.07. The van der Waals surface area contributed by atoms with Gasteiger partial charge in [0.1, 0.15) is 6.04 Å². The highest BCUT2D eigenvalue weighted by atomic mass is 16.2. The van der Waals surface area contributed by atoms with E-state index in [1.54, 1.807) is 0 Å². The molecule has 16 heavy (non-hydrogen) atoms. The molecule has 0 saturated carbocycles. The summed E-state index contributed by atoms with van der Waals surface area (Å²) in [6.07, 6.45) is 2.04. The van der Waals surface area contributed by atoms with Crippen molar-refractivity contribution in [3.05, 3.63) is 30.3 Å². The van der Waals surface area contributed by atoms with Crippen molar-refractivity contribution in [3.8, 4) is 0 Å². The predicted octanol–water partition coefficient (Wildman–Crippen LogP) is 1.54. The minimum absolute atomic E-state index is 0.180. The number of hydrogen-bond acceptors (Lipinski definition) is 2. The van der Waals surface area contributed by atoms with Crippen LogP contribution in [0.3, 0.4) is 0 Å². The van der Waals surface area contributed by atoms with Crippen molar-refractivity contribution in [3.63, 3.8) is 0 Å². The van der Waals surface area contributed by atoms with E-state index in [2.05, 4.69) is 10.6 Å². The molecule has 0 heterocycles. The first-order valence-electron chi connectivity index (χ1n) is 5.33. The molecule has 1 aromatic rings. The molecule has 1 aromatic carbocycles. The molecule has 0 saturated heterocycles. The average Bonchev–Trinajstić information content (AvgIpc) is 2.30. The van der Waals surface area contributed by atoms with Gasteiger partial charge >= 0.3 is 0 Å². The first kappa shape index (κ1) is 12.2. The molecule has 0 aliphatic heterocycles. The number of anilines is 1. The molecule has 1 unspecified atom stereocenters. The molecule has 0 aliphatic rings. The first-order chi connectivity index (χ1) is 7.77.